The summed E-state index contributed by atoms with van der Waals surface area (Å²) >= 11 is 0. The third-order valence-electron chi connectivity index (χ3n) is 14.8. The van der Waals surface area contributed by atoms with E-state index in [4.69, 9.17) is 131 Å². The summed E-state index contributed by atoms with van der Waals surface area (Å²) in [7, 11) is 39.6. The number of morpholine rings is 1. The van der Waals surface area contributed by atoms with E-state index >= 15 is 0 Å². The molecule has 568 valence electrons. The smallest absolute Gasteiger partial charge is 0.214 e. The average molecular weight is 1510 g/mol. The summed E-state index contributed by atoms with van der Waals surface area (Å²) in [6, 6.07) is -2.84. The number of ether oxygens (including phenoxy) is 13. The lowest BCUT2D eigenvalue weighted by molar-refractivity contribution is -0.206. The molecule has 6 aliphatic rings. The van der Waals surface area contributed by atoms with Crippen LogP contribution in [0.2, 0.25) is 12.1 Å². The summed E-state index contributed by atoms with van der Waals surface area (Å²) in [5, 5.41) is 17.3. The van der Waals surface area contributed by atoms with Crippen molar-refractivity contribution in [3.8, 4) is 0 Å². The predicted molar refractivity (Wildman–Crippen MR) is 385 cm³/mol. The maximum atomic E-state index is 12.4. The number of hydrogen-bond donors (Lipinski definition) is 4. The second kappa shape index (κ2) is 51.1. The Hall–Kier alpha value is -0.411. The van der Waals surface area contributed by atoms with Crippen LogP contribution in [0.1, 0.15) is 32.6 Å². The van der Waals surface area contributed by atoms with Crippen LogP contribution in [0.15, 0.2) is 12.2 Å². The first-order valence-electron chi connectivity index (χ1n) is 31.7. The summed E-state index contributed by atoms with van der Waals surface area (Å²) in [4.78, 5) is 56.6. The number of rotatable bonds is 31. The lowest BCUT2D eigenvalue weighted by Gasteiger charge is -2.41. The zero-order chi connectivity index (χ0) is 76.9. The Bertz CT molecular complexity index is 2490. The maximum absolute atomic E-state index is 12.4. The molecule has 5 heterocycles. The van der Waals surface area contributed by atoms with Gasteiger partial charge in [-0.15, -0.1) is 0 Å². The van der Waals surface area contributed by atoms with Crippen molar-refractivity contribution in [2.45, 2.75) is 142 Å². The molecule has 23 atom stereocenters. The third-order valence-corrected chi connectivity index (χ3v) is 20.4. The molecule has 100 heavy (non-hydrogen) atoms. The fraction of sp³-hybridized carbons (Fsp3) is 0.927. The minimum atomic E-state index is -3.95. The van der Waals surface area contributed by atoms with E-state index in [2.05, 4.69) is 21.6 Å². The van der Waals surface area contributed by atoms with E-state index in [1.807, 2.05) is 10.7 Å². The summed E-state index contributed by atoms with van der Waals surface area (Å²) < 4.78 is 138. The fourth-order valence-corrected chi connectivity index (χ4v) is 14.4. The van der Waals surface area contributed by atoms with Crippen molar-refractivity contribution in [3.63, 3.8) is 0 Å². The van der Waals surface area contributed by atoms with Crippen molar-refractivity contribution in [3.05, 3.63) is 12.2 Å². The molecule has 14 radical (unpaired) electrons. The summed E-state index contributed by atoms with van der Waals surface area (Å²) in [5.74, 6) is 0.284. The minimum absolute atomic E-state index is 0.0241. The maximum Gasteiger partial charge on any atom is 0.214 e. The number of allylic oxidation sites excluding steroid dienone is 1. The molecule has 0 spiro atoms. The molecule has 13 unspecified atom stereocenters. The number of carbonyl (C=O) groups excluding carboxylic acids is 2. The lowest BCUT2D eigenvalue weighted by Crippen LogP contribution is -2.48. The lowest BCUT2D eigenvalue weighted by atomic mass is 9.75. The first-order valence-corrected chi connectivity index (χ1v) is 41.5. The molecule has 1 amide bonds. The number of aliphatic hydroxyl groups is 1. The molecule has 5 fully saturated rings. The number of ketones is 1. The molecule has 0 saturated carbocycles. The van der Waals surface area contributed by atoms with Gasteiger partial charge in [0.2, 0.25) is 13.4 Å². The number of hydrogen-bond acceptors (Lipinski definition) is 27. The van der Waals surface area contributed by atoms with Crippen LogP contribution in [0, 0.1) is 5.92 Å². The van der Waals surface area contributed by atoms with Gasteiger partial charge in [-0.1, -0.05) is 18.0 Å². The van der Waals surface area contributed by atoms with Crippen LogP contribution in [0.25, 0.3) is 0 Å². The summed E-state index contributed by atoms with van der Waals surface area (Å²) in [6.45, 7) is 12.5. The van der Waals surface area contributed by atoms with E-state index in [0.29, 0.717) is 64.8 Å². The first kappa shape index (κ1) is 99.6. The Morgan fingerprint density at radius 2 is 1.19 bits per heavy atom. The summed E-state index contributed by atoms with van der Waals surface area (Å²) in [6.07, 6.45) is 2.72. The van der Waals surface area contributed by atoms with Crippen LogP contribution in [0.3, 0.4) is 0 Å². The van der Waals surface area contributed by atoms with E-state index in [1.54, 1.807) is 67.6 Å². The third kappa shape index (κ3) is 42.4. The molecular weight excluding hydrogens is 1400 g/mol. The molecule has 5 aliphatic heterocycles. The number of carbonyl (C=O) groups is 2. The Morgan fingerprint density at radius 1 is 0.670 bits per heavy atom. The first-order chi connectivity index (χ1) is 46.4. The number of likely N-dealkylation sites (N-methyl/N-ethyl adjacent to an activating group) is 1. The van der Waals surface area contributed by atoms with Crippen LogP contribution >= 0.6 is 37.3 Å². The highest BCUT2D eigenvalue weighted by Gasteiger charge is 2.45. The minimum Gasteiger partial charge on any atom is -0.788 e. The molecule has 5 saturated heterocycles. The van der Waals surface area contributed by atoms with Crippen LogP contribution in [0.4, 0.5) is 0 Å². The van der Waals surface area contributed by atoms with E-state index in [0.717, 1.165) is 32.8 Å². The van der Waals surface area contributed by atoms with Gasteiger partial charge >= 0.3 is 0 Å². The van der Waals surface area contributed by atoms with E-state index in [9.17, 15) is 47.1 Å². The van der Waals surface area contributed by atoms with E-state index in [-0.39, 0.29) is 101 Å². The number of nitrogens with one attached hydrogen (secondary N) is 3. The molecule has 6 rings (SSSR count). The highest BCUT2D eigenvalue weighted by Crippen LogP contribution is 2.48. The quantitative estimate of drug-likeness (QED) is 0.0228. The Balaban J connectivity index is 0.00000115. The van der Waals surface area contributed by atoms with Gasteiger partial charge in [-0.2, -0.15) is 0 Å². The number of aliphatic hydroxyl groups excluding tert-OH is 1. The zero-order valence-electron chi connectivity index (χ0n) is 60.3. The van der Waals surface area contributed by atoms with Crippen LogP contribution in [-0.2, 0) is 103 Å². The monoisotopic (exact) mass is 1510 g/mol. The number of nitrogens with zero attached hydrogens (tertiary/aromatic N) is 3. The van der Waals surface area contributed by atoms with Crippen molar-refractivity contribution < 1.29 is 123 Å². The van der Waals surface area contributed by atoms with Gasteiger partial charge in [0.15, 0.2) is 6.29 Å². The van der Waals surface area contributed by atoms with E-state index in [1.165, 1.54) is 33.2 Å². The van der Waals surface area contributed by atoms with Crippen LogP contribution in [-0.4, -0.2) is 374 Å². The van der Waals surface area contributed by atoms with E-state index < -0.39 is 98.1 Å². The van der Waals surface area contributed by atoms with Gasteiger partial charge in [0.1, 0.15) is 90.7 Å². The van der Waals surface area contributed by atoms with Gasteiger partial charge in [0.25, 0.3) is 0 Å². The zero-order valence-corrected chi connectivity index (χ0v) is 64.8. The van der Waals surface area contributed by atoms with Gasteiger partial charge in [-0.25, -0.2) is 9.34 Å². The van der Waals surface area contributed by atoms with Crippen molar-refractivity contribution in [1.29, 1.82) is 0 Å². The molecular formula is C55H109B8N6O26P5-4. The van der Waals surface area contributed by atoms with Crippen molar-refractivity contribution in [1.82, 2.24) is 29.7 Å². The fourth-order valence-electron chi connectivity index (χ4n) is 9.95. The molecule has 45 heteroatoms. The molecule has 4 N–H and O–H groups in total. The molecule has 0 aromatic carbocycles. The van der Waals surface area contributed by atoms with Gasteiger partial charge in [-0.05, 0) is 80.6 Å². The highest BCUT2D eigenvalue weighted by atomic mass is 31.2. The van der Waals surface area contributed by atoms with Gasteiger partial charge < -0.3 is 119 Å². The van der Waals surface area contributed by atoms with Crippen LogP contribution in [0.5, 0.6) is 0 Å². The van der Waals surface area contributed by atoms with Crippen molar-refractivity contribution in [2.24, 2.45) is 5.92 Å². The normalized spacial score (nSPS) is 32.3. The second-order valence-corrected chi connectivity index (χ2v) is 33.5. The molecule has 0 aromatic rings. The Morgan fingerprint density at radius 3 is 1.63 bits per heavy atom. The highest BCUT2D eigenvalue weighted by molar-refractivity contribution is 7.85. The summed E-state index contributed by atoms with van der Waals surface area (Å²) in [5.41, 5.74) is 0. The molecule has 1 aliphatic carbocycles. The SMILES string of the molecule is [B]C1CN(P(C)(=O)N(C)C)CC(OC)O1.[B]CC(=O)N(CCNC)CC(C)=O.[B][C@@H]1OCC(OC)[C@@H]1OP(C)(=O)[O-].[B][C@@H]1O[C@H](COC)C(OP(C)(=O)[O-])[C@@H]1OCCCO.[B][C@H]1C=CC(COC)C(OC)C1.[B][C@H]1CC(NP(C)(=O)[O-])[C@@H](COC)O1.[B][C@H]1CC(NP([BH3-])(C)=O)[C@@H](COC)O1. The number of amides is 1. The molecule has 32 nitrogen and oxygen atoms in total. The Labute approximate surface area is 604 Å². The standard InChI is InChI=1S/C10H20BO7P.C9H15BO2.C8H18BN2O3P.C8H15BN2O2.C7H17B2NO3P.C7H15BNO4P.C6H12BO5P/c1-15-6-7-8(18-19(2,13)14)9(10(11)17-7)16-5-3-4-12;1-11-6-7-3-4-8(10)5-9(7)12-2;1-10(2)15(4,12)11-5-7(9)14-8(6-11)13-3;1-7(12)6-11(4-3-10-2)8(13)5-9;1-12-4-6-5(3-7(8)13-6)10-14(2,9)11;1-12-4-6-5(3-7(8)13-6)9-14(2,10)11;1-10-4-3-11-6(7)5(4)12-13(2,8)9/h7-10,12H,3-6H2,1-2H3,(H,13,14);3-4,7-9H,5-6H2,1-2H3;7-8H,5-6H2,1-4H3;10H,3-6H2,1-2H3;5-7H,3-4H2,1-2,9H3,(H,10,11);5-7H,3-4H2,1-2H3,(H2,9,10,11);4-6H,3H2,1-2H3,(H,8,9)/q;;;;-1;;/p-3/t7-,8?,9+,10-;7?,8-,9?;;;5?,6-,7-,14?;5?,6-,7-;4?,5-,6+/m10..110/s1. The predicted octanol–water partition coefficient (Wildman–Crippen LogP) is -3.36. The largest absolute Gasteiger partial charge is 0.788 e. The average Bonchev–Trinajstić information content (AvgIpc) is 1.46. The van der Waals surface area contributed by atoms with Crippen molar-refractivity contribution >= 4 is 112 Å². The second-order valence-electron chi connectivity index (χ2n) is 23.8. The number of Topliss-reactive ketones (excluding diaryl/α,β-unsaturated/α-hetero) is 1. The van der Waals surface area contributed by atoms with Gasteiger partial charge in [0.05, 0.1) is 87.6 Å². The Kier molecular flexibility index (Phi) is 50.9. The number of methoxy groups -OCH3 is 7. The molecule has 0 bridgehead atoms. The van der Waals surface area contributed by atoms with Gasteiger partial charge in [-0.3, -0.25) is 24.3 Å². The van der Waals surface area contributed by atoms with Gasteiger partial charge in [0, 0.05) is 158 Å². The van der Waals surface area contributed by atoms with Crippen molar-refractivity contribution in [2.75, 3.05) is 183 Å². The van der Waals surface area contributed by atoms with Crippen LogP contribution < -0.4 is 30.2 Å². The topological polar surface area (TPSA) is 393 Å². The molecule has 0 aromatic heterocycles.